The van der Waals surface area contributed by atoms with Crippen molar-refractivity contribution in [3.05, 3.63) is 17.7 Å². The summed E-state index contributed by atoms with van der Waals surface area (Å²) in [4.78, 5) is 16.3. The molecule has 18 heavy (non-hydrogen) atoms. The summed E-state index contributed by atoms with van der Waals surface area (Å²) in [6.45, 7) is 0.132. The van der Waals surface area contributed by atoms with E-state index in [4.69, 9.17) is 11.5 Å². The van der Waals surface area contributed by atoms with Crippen LogP contribution in [-0.4, -0.2) is 39.2 Å². The van der Waals surface area contributed by atoms with Crippen LogP contribution in [0.5, 0.6) is 0 Å². The van der Waals surface area contributed by atoms with Crippen LogP contribution >= 0.6 is 0 Å². The van der Waals surface area contributed by atoms with Gasteiger partial charge in [0.25, 0.3) is 0 Å². The van der Waals surface area contributed by atoms with E-state index in [1.807, 2.05) is 0 Å². The summed E-state index contributed by atoms with van der Waals surface area (Å²) in [5.41, 5.74) is 11.2. The number of aromatic nitrogens is 1. The smallest absolute Gasteiger partial charge is 0.236 e. The highest BCUT2D eigenvalue weighted by molar-refractivity contribution is 7.90. The molecule has 100 valence electrons. The number of anilines is 1. The molecule has 8 heteroatoms. The normalized spacial score (nSPS) is 11.3. The van der Waals surface area contributed by atoms with Crippen molar-refractivity contribution in [1.29, 1.82) is 0 Å². The number of carbonyl (C=O) groups is 1. The summed E-state index contributed by atoms with van der Waals surface area (Å²) in [5.74, 6) is -0.185. The molecule has 0 saturated carbocycles. The average molecular weight is 272 g/mol. The number of amides is 1. The van der Waals surface area contributed by atoms with E-state index >= 15 is 0 Å². The summed E-state index contributed by atoms with van der Waals surface area (Å²) in [6.07, 6.45) is 1.06. The van der Waals surface area contributed by atoms with E-state index < -0.39 is 15.7 Å². The number of nitrogens with two attached hydrogens (primary N) is 2. The molecule has 0 unspecified atom stereocenters. The van der Waals surface area contributed by atoms with Gasteiger partial charge in [0, 0.05) is 19.8 Å². The molecule has 1 aromatic rings. The Morgan fingerprint density at radius 2 is 2.06 bits per heavy atom. The number of rotatable bonds is 5. The molecule has 1 rings (SSSR count). The predicted molar refractivity (Wildman–Crippen MR) is 67.7 cm³/mol. The second-order valence-electron chi connectivity index (χ2n) is 3.97. The molecule has 0 atom stereocenters. The first kappa shape index (κ1) is 14.4. The Balaban J connectivity index is 3.24. The molecule has 0 aliphatic rings. The third kappa shape index (κ3) is 3.67. The molecule has 0 aliphatic heterocycles. The maximum atomic E-state index is 11.5. The summed E-state index contributed by atoms with van der Waals surface area (Å²) in [5, 5.41) is -0.0724. The number of sulfone groups is 1. The molecule has 7 nitrogen and oxygen atoms in total. The van der Waals surface area contributed by atoms with E-state index in [1.54, 1.807) is 13.1 Å². The number of primary amides is 1. The first-order valence-electron chi connectivity index (χ1n) is 5.14. The third-order valence-corrected chi connectivity index (χ3v) is 3.22. The van der Waals surface area contributed by atoms with Crippen LogP contribution in [0.4, 0.5) is 5.82 Å². The van der Waals surface area contributed by atoms with Crippen LogP contribution < -0.4 is 16.4 Å². The van der Waals surface area contributed by atoms with Crippen LogP contribution in [0.3, 0.4) is 0 Å². The molecule has 4 N–H and O–H groups in total. The van der Waals surface area contributed by atoms with Gasteiger partial charge in [-0.15, -0.1) is 0 Å². The van der Waals surface area contributed by atoms with Crippen LogP contribution in [0, 0.1) is 0 Å². The van der Waals surface area contributed by atoms with Crippen molar-refractivity contribution in [2.75, 3.05) is 24.7 Å². The lowest BCUT2D eigenvalue weighted by Crippen LogP contribution is -2.31. The van der Waals surface area contributed by atoms with Crippen molar-refractivity contribution in [1.82, 2.24) is 4.98 Å². The van der Waals surface area contributed by atoms with E-state index in [1.165, 1.54) is 11.0 Å². The van der Waals surface area contributed by atoms with Gasteiger partial charge in [0.1, 0.15) is 5.82 Å². The molecule has 0 spiro atoms. The van der Waals surface area contributed by atoms with Gasteiger partial charge in [0.15, 0.2) is 14.9 Å². The van der Waals surface area contributed by atoms with Crippen LogP contribution in [-0.2, 0) is 21.2 Å². The average Bonchev–Trinajstić information content (AvgIpc) is 2.26. The first-order valence-corrected chi connectivity index (χ1v) is 7.03. The molecule has 1 amide bonds. The van der Waals surface area contributed by atoms with Gasteiger partial charge in [0.2, 0.25) is 5.91 Å². The minimum absolute atomic E-state index is 0.0514. The van der Waals surface area contributed by atoms with E-state index in [0.29, 0.717) is 11.4 Å². The Morgan fingerprint density at radius 1 is 1.44 bits per heavy atom. The SMILES string of the molecule is CN(CC(N)=O)c1cc(CN)cc(S(C)(=O)=O)n1. The summed E-state index contributed by atoms with van der Waals surface area (Å²) in [7, 11) is -1.83. The zero-order chi connectivity index (χ0) is 13.9. The van der Waals surface area contributed by atoms with Crippen LogP contribution in [0.1, 0.15) is 5.56 Å². The minimum Gasteiger partial charge on any atom is -0.368 e. The highest BCUT2D eigenvalue weighted by Gasteiger charge is 2.14. The maximum Gasteiger partial charge on any atom is 0.236 e. The lowest BCUT2D eigenvalue weighted by molar-refractivity contribution is -0.116. The maximum absolute atomic E-state index is 11.5. The van der Waals surface area contributed by atoms with Crippen LogP contribution in [0.2, 0.25) is 0 Å². The number of carbonyl (C=O) groups excluding carboxylic acids is 1. The lowest BCUT2D eigenvalue weighted by Gasteiger charge is -2.17. The summed E-state index contributed by atoms with van der Waals surface area (Å²) < 4.78 is 23.0. The van der Waals surface area contributed by atoms with Crippen molar-refractivity contribution in [3.63, 3.8) is 0 Å². The molecular weight excluding hydrogens is 256 g/mol. The van der Waals surface area contributed by atoms with E-state index in [9.17, 15) is 13.2 Å². The summed E-state index contributed by atoms with van der Waals surface area (Å²) >= 11 is 0. The molecule has 0 fully saturated rings. The highest BCUT2D eigenvalue weighted by Crippen LogP contribution is 2.16. The molecule has 0 radical (unpaired) electrons. The fraction of sp³-hybridized carbons (Fsp3) is 0.400. The van der Waals surface area contributed by atoms with Crippen molar-refractivity contribution < 1.29 is 13.2 Å². The van der Waals surface area contributed by atoms with E-state index in [0.717, 1.165) is 6.26 Å². The first-order chi connectivity index (χ1) is 8.24. The second kappa shape index (κ2) is 5.32. The molecule has 0 aliphatic carbocycles. The highest BCUT2D eigenvalue weighted by atomic mass is 32.2. The molecule has 0 bridgehead atoms. The van der Waals surface area contributed by atoms with Gasteiger partial charge in [-0.1, -0.05) is 0 Å². The second-order valence-corrected chi connectivity index (χ2v) is 5.93. The van der Waals surface area contributed by atoms with Crippen LogP contribution in [0.25, 0.3) is 0 Å². The summed E-state index contributed by atoms with van der Waals surface area (Å²) in [6, 6.07) is 3.04. The van der Waals surface area contributed by atoms with Gasteiger partial charge in [-0.05, 0) is 17.7 Å². The Kier molecular flexibility index (Phi) is 4.25. The number of pyridine rings is 1. The Morgan fingerprint density at radius 3 is 2.50 bits per heavy atom. The number of hydrogen-bond donors (Lipinski definition) is 2. The minimum atomic E-state index is -3.43. The zero-order valence-electron chi connectivity index (χ0n) is 10.3. The van der Waals surface area contributed by atoms with Gasteiger partial charge >= 0.3 is 0 Å². The quantitative estimate of drug-likeness (QED) is 0.699. The lowest BCUT2D eigenvalue weighted by atomic mass is 10.2. The Bertz CT molecular complexity index is 556. The van der Waals surface area contributed by atoms with Gasteiger partial charge in [-0.25, -0.2) is 13.4 Å². The Hall–Kier alpha value is -1.67. The number of likely N-dealkylation sites (N-methyl/N-ethyl adjacent to an activating group) is 1. The van der Waals surface area contributed by atoms with Crippen LogP contribution in [0.15, 0.2) is 17.2 Å². The Labute approximate surface area is 106 Å². The number of hydrogen-bond acceptors (Lipinski definition) is 6. The van der Waals surface area contributed by atoms with Gasteiger partial charge in [0.05, 0.1) is 6.54 Å². The zero-order valence-corrected chi connectivity index (χ0v) is 11.1. The third-order valence-electron chi connectivity index (χ3n) is 2.25. The van der Waals surface area contributed by atoms with Gasteiger partial charge in [-0.2, -0.15) is 0 Å². The van der Waals surface area contributed by atoms with Crippen molar-refractivity contribution in [3.8, 4) is 0 Å². The molecule has 0 saturated heterocycles. The molecular formula is C10H16N4O3S. The van der Waals surface area contributed by atoms with E-state index in [-0.39, 0.29) is 18.1 Å². The monoisotopic (exact) mass is 272 g/mol. The molecule has 1 aromatic heterocycles. The van der Waals surface area contributed by atoms with Gasteiger partial charge < -0.3 is 16.4 Å². The van der Waals surface area contributed by atoms with Crippen molar-refractivity contribution >= 4 is 21.6 Å². The predicted octanol–water partition coefficient (Wildman–Crippen LogP) is -1.13. The van der Waals surface area contributed by atoms with Crippen molar-refractivity contribution in [2.24, 2.45) is 11.5 Å². The topological polar surface area (TPSA) is 119 Å². The van der Waals surface area contributed by atoms with Gasteiger partial charge in [-0.3, -0.25) is 4.79 Å². The van der Waals surface area contributed by atoms with Crippen molar-refractivity contribution in [2.45, 2.75) is 11.6 Å². The molecule has 0 aromatic carbocycles. The standard InChI is InChI=1S/C10H16N4O3S/c1-14(6-8(12)15)9-3-7(5-11)4-10(13-9)18(2,16)17/h3-4H,5-6,11H2,1-2H3,(H2,12,15). The van der Waals surface area contributed by atoms with E-state index in [2.05, 4.69) is 4.98 Å². The molecule has 1 heterocycles. The number of nitrogens with zero attached hydrogens (tertiary/aromatic N) is 2. The largest absolute Gasteiger partial charge is 0.368 e. The fourth-order valence-electron chi connectivity index (χ4n) is 1.36. The fourth-order valence-corrected chi connectivity index (χ4v) is 1.99.